The van der Waals surface area contributed by atoms with Gasteiger partial charge in [-0.1, -0.05) is 27.5 Å². The van der Waals surface area contributed by atoms with Crippen LogP contribution in [-0.4, -0.2) is 11.1 Å². The van der Waals surface area contributed by atoms with Crippen LogP contribution < -0.4 is 0 Å². The molecule has 2 nitrogen and oxygen atoms in total. The molecule has 0 aliphatic heterocycles. The van der Waals surface area contributed by atoms with E-state index in [9.17, 15) is 9.18 Å². The number of carbonyl (C=O) groups is 1. The molecule has 0 aromatic heterocycles. The molecule has 0 atom stereocenters. The van der Waals surface area contributed by atoms with Crippen LogP contribution in [0.5, 0.6) is 0 Å². The van der Waals surface area contributed by atoms with E-state index in [2.05, 4.69) is 15.9 Å². The first-order valence-corrected chi connectivity index (χ1v) is 4.53. The van der Waals surface area contributed by atoms with Crippen LogP contribution in [-0.2, 0) is 11.2 Å². The molecule has 0 radical (unpaired) electrons. The number of hydrogen-bond donors (Lipinski definition) is 1. The van der Waals surface area contributed by atoms with Crippen molar-refractivity contribution in [2.45, 2.75) is 6.42 Å². The Morgan fingerprint density at radius 1 is 1.62 bits per heavy atom. The number of benzene rings is 1. The Balaban J connectivity index is 3.13. The minimum Gasteiger partial charge on any atom is -0.481 e. The van der Waals surface area contributed by atoms with Crippen molar-refractivity contribution in [2.24, 2.45) is 0 Å². The smallest absolute Gasteiger partial charge is 0.307 e. The highest BCUT2D eigenvalue weighted by Crippen LogP contribution is 2.26. The van der Waals surface area contributed by atoms with Gasteiger partial charge < -0.3 is 5.11 Å². The van der Waals surface area contributed by atoms with Crippen molar-refractivity contribution in [1.82, 2.24) is 0 Å². The number of carboxylic acids is 1. The lowest BCUT2D eigenvalue weighted by molar-refractivity contribution is -0.136. The number of hydrogen-bond acceptors (Lipinski definition) is 1. The zero-order valence-corrected chi connectivity index (χ0v) is 8.69. The summed E-state index contributed by atoms with van der Waals surface area (Å²) in [6.07, 6.45) is -0.223. The molecule has 0 bridgehead atoms. The zero-order chi connectivity index (χ0) is 10.0. The Bertz CT molecular complexity index is 331. The van der Waals surface area contributed by atoms with Crippen LogP contribution in [0.4, 0.5) is 4.39 Å². The minimum atomic E-state index is -1.01. The van der Waals surface area contributed by atoms with E-state index in [0.717, 1.165) is 6.07 Å². The van der Waals surface area contributed by atoms with E-state index in [-0.39, 0.29) is 11.4 Å². The van der Waals surface area contributed by atoms with Gasteiger partial charge in [0.15, 0.2) is 0 Å². The summed E-state index contributed by atoms with van der Waals surface area (Å²) in [5.41, 5.74) is 0.385. The van der Waals surface area contributed by atoms with Crippen molar-refractivity contribution in [2.75, 3.05) is 0 Å². The average Bonchev–Trinajstić information content (AvgIpc) is 1.96. The van der Waals surface area contributed by atoms with Crippen LogP contribution in [0.3, 0.4) is 0 Å². The SMILES string of the molecule is O=C(O)Cc1c(Cl)cc(F)cc1Br. The van der Waals surface area contributed by atoms with Crippen LogP contribution in [0.15, 0.2) is 16.6 Å². The van der Waals surface area contributed by atoms with E-state index in [4.69, 9.17) is 16.7 Å². The molecule has 0 heterocycles. The van der Waals surface area contributed by atoms with Crippen LogP contribution >= 0.6 is 27.5 Å². The fourth-order valence-electron chi connectivity index (χ4n) is 0.892. The summed E-state index contributed by atoms with van der Waals surface area (Å²) in [6, 6.07) is 2.27. The van der Waals surface area contributed by atoms with E-state index in [1.54, 1.807) is 0 Å². The number of halogens is 3. The second-order valence-corrected chi connectivity index (χ2v) is 3.68. The Kier molecular flexibility index (Phi) is 3.27. The number of carboxylic acid groups (broad SMARTS) is 1. The highest BCUT2D eigenvalue weighted by molar-refractivity contribution is 9.10. The highest BCUT2D eigenvalue weighted by Gasteiger charge is 2.11. The van der Waals surface area contributed by atoms with Crippen molar-refractivity contribution in [3.05, 3.63) is 33.0 Å². The summed E-state index contributed by atoms with van der Waals surface area (Å²) < 4.78 is 13.1. The monoisotopic (exact) mass is 266 g/mol. The number of aliphatic carboxylic acids is 1. The summed E-state index contributed by atoms with van der Waals surface area (Å²) in [6.45, 7) is 0. The molecule has 1 rings (SSSR count). The lowest BCUT2D eigenvalue weighted by Gasteiger charge is -2.03. The predicted molar refractivity (Wildman–Crippen MR) is 50.4 cm³/mol. The Morgan fingerprint density at radius 2 is 2.23 bits per heavy atom. The molecule has 1 N–H and O–H groups in total. The highest BCUT2D eigenvalue weighted by atomic mass is 79.9. The van der Waals surface area contributed by atoms with Gasteiger partial charge in [0, 0.05) is 9.50 Å². The third kappa shape index (κ3) is 2.67. The molecule has 0 unspecified atom stereocenters. The molecule has 0 saturated carbocycles. The molecule has 70 valence electrons. The maximum absolute atomic E-state index is 12.7. The Labute approximate surface area is 87.5 Å². The van der Waals surface area contributed by atoms with Gasteiger partial charge in [-0.15, -0.1) is 0 Å². The predicted octanol–water partition coefficient (Wildman–Crippen LogP) is 2.87. The molecule has 0 aliphatic carbocycles. The van der Waals surface area contributed by atoms with E-state index in [1.807, 2.05) is 0 Å². The summed E-state index contributed by atoms with van der Waals surface area (Å²) in [4.78, 5) is 10.4. The second kappa shape index (κ2) is 4.07. The van der Waals surface area contributed by atoms with Crippen LogP contribution in [0.2, 0.25) is 5.02 Å². The summed E-state index contributed by atoms with van der Waals surface area (Å²) in [7, 11) is 0. The zero-order valence-electron chi connectivity index (χ0n) is 6.35. The van der Waals surface area contributed by atoms with Crippen molar-refractivity contribution in [1.29, 1.82) is 0 Å². The van der Waals surface area contributed by atoms with E-state index in [0.29, 0.717) is 10.0 Å². The minimum absolute atomic E-state index is 0.120. The van der Waals surface area contributed by atoms with Gasteiger partial charge in [-0.05, 0) is 17.7 Å². The van der Waals surface area contributed by atoms with Gasteiger partial charge in [-0.25, -0.2) is 4.39 Å². The molecule has 0 fully saturated rings. The lowest BCUT2D eigenvalue weighted by Crippen LogP contribution is -2.02. The Morgan fingerprint density at radius 3 is 2.69 bits per heavy atom. The normalized spacial score (nSPS) is 10.1. The number of rotatable bonds is 2. The maximum Gasteiger partial charge on any atom is 0.307 e. The molecule has 1 aromatic carbocycles. The van der Waals surface area contributed by atoms with Crippen molar-refractivity contribution >= 4 is 33.5 Å². The van der Waals surface area contributed by atoms with Gasteiger partial charge in [0.2, 0.25) is 0 Å². The molecular weight excluding hydrogens is 262 g/mol. The average molecular weight is 267 g/mol. The fourth-order valence-corrected chi connectivity index (χ4v) is 1.85. The third-order valence-corrected chi connectivity index (χ3v) is 2.48. The van der Waals surface area contributed by atoms with Gasteiger partial charge in [-0.2, -0.15) is 0 Å². The summed E-state index contributed by atoms with van der Waals surface area (Å²) >= 11 is 8.68. The molecule has 0 aliphatic rings. The van der Waals surface area contributed by atoms with Gasteiger partial charge in [-0.3, -0.25) is 4.79 Å². The first kappa shape index (κ1) is 10.5. The first-order valence-electron chi connectivity index (χ1n) is 3.36. The molecule has 0 saturated heterocycles. The largest absolute Gasteiger partial charge is 0.481 e. The van der Waals surface area contributed by atoms with E-state index < -0.39 is 11.8 Å². The molecule has 13 heavy (non-hydrogen) atoms. The van der Waals surface area contributed by atoms with Crippen molar-refractivity contribution in [3.63, 3.8) is 0 Å². The summed E-state index contributed by atoms with van der Waals surface area (Å²) in [5.74, 6) is -1.50. The molecule has 5 heteroatoms. The van der Waals surface area contributed by atoms with Crippen LogP contribution in [0.25, 0.3) is 0 Å². The van der Waals surface area contributed by atoms with Crippen LogP contribution in [0, 0.1) is 5.82 Å². The van der Waals surface area contributed by atoms with E-state index in [1.165, 1.54) is 6.07 Å². The van der Waals surface area contributed by atoms with Gasteiger partial charge in [0.25, 0.3) is 0 Å². The standard InChI is InChI=1S/C8H5BrClFO2/c9-6-1-4(11)2-7(10)5(6)3-8(12)13/h1-2H,3H2,(H,12,13). The maximum atomic E-state index is 12.7. The van der Waals surface area contributed by atoms with Gasteiger partial charge >= 0.3 is 5.97 Å². The van der Waals surface area contributed by atoms with Crippen molar-refractivity contribution < 1.29 is 14.3 Å². The van der Waals surface area contributed by atoms with Crippen LogP contribution in [0.1, 0.15) is 5.56 Å². The van der Waals surface area contributed by atoms with Gasteiger partial charge in [0.1, 0.15) is 5.82 Å². The Hall–Kier alpha value is -0.610. The van der Waals surface area contributed by atoms with E-state index >= 15 is 0 Å². The first-order chi connectivity index (χ1) is 6.00. The molecule has 0 spiro atoms. The quantitative estimate of drug-likeness (QED) is 0.894. The van der Waals surface area contributed by atoms with Gasteiger partial charge in [0.05, 0.1) is 6.42 Å². The molecule has 0 amide bonds. The molecular formula is C8H5BrClFO2. The second-order valence-electron chi connectivity index (χ2n) is 2.42. The topological polar surface area (TPSA) is 37.3 Å². The lowest BCUT2D eigenvalue weighted by atomic mass is 10.1. The third-order valence-electron chi connectivity index (χ3n) is 1.43. The summed E-state index contributed by atoms with van der Waals surface area (Å²) in [5, 5.41) is 8.63. The fraction of sp³-hybridized carbons (Fsp3) is 0.125. The van der Waals surface area contributed by atoms with Crippen molar-refractivity contribution in [3.8, 4) is 0 Å². The molecule has 1 aromatic rings.